The van der Waals surface area contributed by atoms with E-state index in [1.165, 1.54) is 11.8 Å². The molecule has 15 nitrogen and oxygen atoms in total. The molecule has 0 spiro atoms. The number of anilines is 2. The van der Waals surface area contributed by atoms with Gasteiger partial charge in [0.15, 0.2) is 0 Å². The molecule has 15 heteroatoms. The van der Waals surface area contributed by atoms with Crippen molar-refractivity contribution in [2.24, 2.45) is 17.3 Å². The first-order valence-electron chi connectivity index (χ1n) is 24.9. The zero-order chi connectivity index (χ0) is 54.2. The first-order chi connectivity index (χ1) is 33.6. The van der Waals surface area contributed by atoms with Gasteiger partial charge in [0.2, 0.25) is 35.4 Å². The number of hydrogen-bond acceptors (Lipinski definition) is 8. The Morgan fingerprint density at radius 3 is 1.96 bits per heavy atom. The van der Waals surface area contributed by atoms with E-state index in [4.69, 9.17) is 0 Å². The van der Waals surface area contributed by atoms with Crippen molar-refractivity contribution in [2.75, 3.05) is 24.3 Å². The molecular weight excluding hydrogens is 911 g/mol. The minimum absolute atomic E-state index is 0.0785. The lowest BCUT2D eigenvalue weighted by Crippen LogP contribution is -2.61. The molecule has 0 aromatic heterocycles. The lowest BCUT2D eigenvalue weighted by molar-refractivity contribution is -0.141. The van der Waals surface area contributed by atoms with E-state index in [2.05, 4.69) is 33.2 Å². The van der Waals surface area contributed by atoms with Crippen LogP contribution < -0.4 is 31.5 Å². The maximum atomic E-state index is 14.2. The number of carboxylic acid groups (broad SMARTS) is 1. The van der Waals surface area contributed by atoms with Crippen LogP contribution in [0, 0.1) is 24.2 Å². The first-order valence-corrected chi connectivity index (χ1v) is 24.9. The summed E-state index contributed by atoms with van der Waals surface area (Å²) in [7, 11) is 3.26. The number of unbranched alkanes of at least 4 members (excludes halogenated alkanes) is 1. The number of hydrogen-bond donors (Lipinski definition) is 6. The van der Waals surface area contributed by atoms with E-state index >= 15 is 0 Å². The highest BCUT2D eigenvalue weighted by Crippen LogP contribution is 2.31. The van der Waals surface area contributed by atoms with Crippen molar-refractivity contribution in [3.8, 4) is 0 Å². The quantitative estimate of drug-likeness (QED) is 0.0360. The highest BCUT2D eigenvalue weighted by Gasteiger charge is 2.42. The van der Waals surface area contributed by atoms with Gasteiger partial charge in [0.1, 0.15) is 18.1 Å². The molecule has 3 aromatic rings. The molecule has 0 aliphatic heterocycles. The summed E-state index contributed by atoms with van der Waals surface area (Å²) in [6.07, 6.45) is 4.47. The molecule has 0 saturated heterocycles. The van der Waals surface area contributed by atoms with E-state index in [0.29, 0.717) is 30.6 Å². The number of likely N-dealkylation sites (N-methyl/N-ethyl adjacent to an activating group) is 2. The summed E-state index contributed by atoms with van der Waals surface area (Å²) in [4.78, 5) is 97.4. The molecule has 5 atom stereocenters. The maximum absolute atomic E-state index is 14.2. The standard InChI is InChI=1S/C57H81N7O8/c1-16-40-25-19-20-29-44(40)64(34-41-26-18-17-24-37(41)6)47(66)31-22-21-30-46(65)61-48(36(4)5)52(68)59-39(8)51(67)60-43-28-23-27-42(33-43)57(12,13)49(58-14)53(69)62-50(56(9,10)11)54(70)63(15)45(35(2)3)32-38(7)55(71)72/h16-20,23-29,32-33,35-36,39,45,48-50,58H,1,21-22,30-31,34H2,2-15H3,(H,59,68)(H,60,67)(H,61,65)(H,62,69)(H,71,72)/b38-32+/t39-,45+,48-,49?,50+/m0/s1. The zero-order valence-corrected chi connectivity index (χ0v) is 45.1. The Kier molecular flexibility index (Phi) is 22.2. The van der Waals surface area contributed by atoms with Crippen molar-refractivity contribution in [1.82, 2.24) is 26.2 Å². The number of carbonyl (C=O) groups is 7. The van der Waals surface area contributed by atoms with Gasteiger partial charge in [-0.25, -0.2) is 4.79 Å². The third-order valence-corrected chi connectivity index (χ3v) is 13.2. The molecule has 0 aliphatic carbocycles. The summed E-state index contributed by atoms with van der Waals surface area (Å²) in [6.45, 7) is 26.1. The summed E-state index contributed by atoms with van der Waals surface area (Å²) in [5, 5.41) is 24.1. The summed E-state index contributed by atoms with van der Waals surface area (Å²) in [5.74, 6) is -3.74. The highest BCUT2D eigenvalue weighted by molar-refractivity contribution is 5.99. The number of nitrogens with zero attached hydrogens (tertiary/aromatic N) is 2. The number of para-hydroxylation sites is 1. The van der Waals surface area contributed by atoms with E-state index < -0.39 is 64.7 Å². The molecule has 72 heavy (non-hydrogen) atoms. The van der Waals surface area contributed by atoms with Gasteiger partial charge in [-0.2, -0.15) is 0 Å². The molecule has 0 radical (unpaired) electrons. The minimum atomic E-state index is -1.08. The number of benzene rings is 3. The maximum Gasteiger partial charge on any atom is 0.331 e. The Bertz CT molecular complexity index is 2440. The molecule has 0 bridgehead atoms. The Morgan fingerprint density at radius 2 is 1.38 bits per heavy atom. The fourth-order valence-corrected chi connectivity index (χ4v) is 8.56. The highest BCUT2D eigenvalue weighted by atomic mass is 16.4. The van der Waals surface area contributed by atoms with Gasteiger partial charge in [-0.3, -0.25) is 28.8 Å². The molecule has 0 saturated carbocycles. The van der Waals surface area contributed by atoms with E-state index in [1.54, 1.807) is 70.1 Å². The predicted octanol–water partition coefficient (Wildman–Crippen LogP) is 7.93. The molecule has 0 fully saturated rings. The SMILES string of the molecule is C=Cc1ccccc1N(Cc1ccccc1C)C(=O)CCCCC(=O)N[C@H](C(=O)N[C@@H](C)C(=O)Nc1cccc(C(C)(C)C(NC)C(=O)N[C@H](C(=O)N(C)[C@H](/C=C(\C)C(=O)O)C(C)C)C(C)(C)C)c1)C(C)C. The van der Waals surface area contributed by atoms with Crippen molar-refractivity contribution < 1.29 is 38.7 Å². The van der Waals surface area contributed by atoms with E-state index in [1.807, 2.05) is 110 Å². The summed E-state index contributed by atoms with van der Waals surface area (Å²) >= 11 is 0. The molecule has 3 aromatic carbocycles. The molecule has 392 valence electrons. The van der Waals surface area contributed by atoms with Crippen molar-refractivity contribution in [2.45, 2.75) is 151 Å². The zero-order valence-electron chi connectivity index (χ0n) is 45.1. The monoisotopic (exact) mass is 992 g/mol. The summed E-state index contributed by atoms with van der Waals surface area (Å²) < 4.78 is 0. The van der Waals surface area contributed by atoms with Crippen LogP contribution >= 0.6 is 0 Å². The topological polar surface area (TPSA) is 206 Å². The van der Waals surface area contributed by atoms with E-state index in [9.17, 15) is 38.7 Å². The van der Waals surface area contributed by atoms with Crippen LogP contribution in [0.15, 0.2) is 91.0 Å². The van der Waals surface area contributed by atoms with Crippen LogP contribution in [0.5, 0.6) is 0 Å². The number of aliphatic carboxylic acids is 1. The van der Waals surface area contributed by atoms with Crippen LogP contribution in [-0.2, 0) is 45.5 Å². The smallest absolute Gasteiger partial charge is 0.331 e. The van der Waals surface area contributed by atoms with Gasteiger partial charge in [0.25, 0.3) is 0 Å². The number of nitrogens with one attached hydrogen (secondary N) is 5. The fraction of sp³-hybridized carbons (Fsp3) is 0.491. The molecule has 1 unspecified atom stereocenters. The average Bonchev–Trinajstić information content (AvgIpc) is 3.31. The number of aryl methyl sites for hydroxylation is 1. The van der Waals surface area contributed by atoms with Crippen LogP contribution in [0.1, 0.15) is 124 Å². The van der Waals surface area contributed by atoms with Gasteiger partial charge < -0.3 is 41.5 Å². The third kappa shape index (κ3) is 16.5. The summed E-state index contributed by atoms with van der Waals surface area (Å²) in [6, 6.07) is 18.3. The van der Waals surface area contributed by atoms with Crippen LogP contribution in [0.4, 0.5) is 11.4 Å². The second-order valence-corrected chi connectivity index (χ2v) is 21.1. The Labute approximate surface area is 428 Å². The number of carbonyl (C=O) groups excluding carboxylic acids is 6. The second-order valence-electron chi connectivity index (χ2n) is 21.1. The first kappa shape index (κ1) is 59.7. The molecule has 0 heterocycles. The number of amides is 6. The van der Waals surface area contributed by atoms with Gasteiger partial charge in [-0.05, 0) is 98.4 Å². The van der Waals surface area contributed by atoms with Gasteiger partial charge in [0, 0.05) is 36.6 Å². The van der Waals surface area contributed by atoms with Gasteiger partial charge in [-0.15, -0.1) is 0 Å². The largest absolute Gasteiger partial charge is 0.478 e. The van der Waals surface area contributed by atoms with Crippen LogP contribution in [0.25, 0.3) is 6.08 Å². The minimum Gasteiger partial charge on any atom is -0.478 e. The van der Waals surface area contributed by atoms with E-state index in [0.717, 1.165) is 22.4 Å². The summed E-state index contributed by atoms with van der Waals surface area (Å²) in [5.41, 5.74) is 3.32. The van der Waals surface area contributed by atoms with Gasteiger partial charge in [0.05, 0.1) is 24.3 Å². The van der Waals surface area contributed by atoms with Crippen molar-refractivity contribution >= 4 is 58.9 Å². The van der Waals surface area contributed by atoms with Crippen molar-refractivity contribution in [3.63, 3.8) is 0 Å². The average molecular weight is 992 g/mol. The molecular formula is C57H81N7O8. The molecule has 3 rings (SSSR count). The van der Waals surface area contributed by atoms with Crippen molar-refractivity contribution in [1.29, 1.82) is 0 Å². The fourth-order valence-electron chi connectivity index (χ4n) is 8.56. The second kappa shape index (κ2) is 26.7. The van der Waals surface area contributed by atoms with Gasteiger partial charge in [-0.1, -0.05) is 136 Å². The number of carboxylic acids is 1. The number of rotatable bonds is 25. The molecule has 0 aliphatic rings. The lowest BCUT2D eigenvalue weighted by atomic mass is 9.76. The molecule has 6 amide bonds. The third-order valence-electron chi connectivity index (χ3n) is 13.2. The normalized spacial score (nSPS) is 14.0. The predicted molar refractivity (Wildman–Crippen MR) is 287 cm³/mol. The van der Waals surface area contributed by atoms with E-state index in [-0.39, 0.29) is 48.0 Å². The van der Waals surface area contributed by atoms with Crippen molar-refractivity contribution in [3.05, 3.63) is 113 Å². The Balaban J connectivity index is 1.65. The molecule has 6 N–H and O–H groups in total. The van der Waals surface area contributed by atoms with Gasteiger partial charge >= 0.3 is 5.97 Å². The lowest BCUT2D eigenvalue weighted by Gasteiger charge is -2.40. The Hall–Kier alpha value is -6.61. The van der Waals surface area contributed by atoms with Crippen LogP contribution in [0.2, 0.25) is 0 Å². The van der Waals surface area contributed by atoms with Crippen LogP contribution in [-0.4, -0.2) is 95.7 Å². The Morgan fingerprint density at radius 1 is 0.750 bits per heavy atom. The van der Waals surface area contributed by atoms with Crippen LogP contribution in [0.3, 0.4) is 0 Å².